The molecule has 8 heteroatoms. The molecule has 1 amide bonds. The summed E-state index contributed by atoms with van der Waals surface area (Å²) < 4.78 is 40.0. The van der Waals surface area contributed by atoms with Crippen LogP contribution in [0.15, 0.2) is 36.7 Å². The van der Waals surface area contributed by atoms with Crippen molar-refractivity contribution in [3.05, 3.63) is 47.8 Å². The molecule has 2 aromatic rings. The van der Waals surface area contributed by atoms with Crippen molar-refractivity contribution in [2.75, 3.05) is 31.1 Å². The van der Waals surface area contributed by atoms with E-state index in [0.717, 1.165) is 12.1 Å². The van der Waals surface area contributed by atoms with Crippen LogP contribution in [0.2, 0.25) is 0 Å². The van der Waals surface area contributed by atoms with E-state index >= 15 is 0 Å². The van der Waals surface area contributed by atoms with Gasteiger partial charge in [0.05, 0.1) is 17.3 Å². The number of aryl methyl sites for hydroxylation is 1. The maximum absolute atomic E-state index is 12.8. The minimum Gasteiger partial charge on any atom is -0.368 e. The molecule has 0 aliphatic carbocycles. The van der Waals surface area contributed by atoms with Crippen LogP contribution >= 0.6 is 0 Å². The predicted molar refractivity (Wildman–Crippen MR) is 82.8 cm³/mol. The highest BCUT2D eigenvalue weighted by atomic mass is 19.4. The number of anilines is 1. The number of nitrogens with zero attached hydrogens (tertiary/aromatic N) is 4. The molecule has 128 valence electrons. The smallest absolute Gasteiger partial charge is 0.368 e. The quantitative estimate of drug-likeness (QED) is 0.844. The fourth-order valence-electron chi connectivity index (χ4n) is 2.76. The van der Waals surface area contributed by atoms with Crippen LogP contribution in [0, 0.1) is 0 Å². The topological polar surface area (TPSA) is 41.4 Å². The van der Waals surface area contributed by atoms with Gasteiger partial charge in [-0.1, -0.05) is 6.07 Å². The zero-order valence-electron chi connectivity index (χ0n) is 13.1. The molecule has 1 aliphatic heterocycles. The standard InChI is InChI=1S/C16H17F3N4O/c1-21-11-12(10-20-21)15(24)23-7-5-22(6-8-23)14-4-2-3-13(9-14)16(17,18)19/h2-4,9-11H,5-8H2,1H3. The van der Waals surface area contributed by atoms with Gasteiger partial charge in [0.15, 0.2) is 0 Å². The Morgan fingerprint density at radius 1 is 1.17 bits per heavy atom. The zero-order chi connectivity index (χ0) is 17.3. The SMILES string of the molecule is Cn1cc(C(=O)N2CCN(c3cccc(C(F)(F)F)c3)CC2)cn1. The fraction of sp³-hybridized carbons (Fsp3) is 0.375. The second-order valence-electron chi connectivity index (χ2n) is 5.73. The molecule has 1 fully saturated rings. The number of benzene rings is 1. The predicted octanol–water partition coefficient (Wildman–Crippen LogP) is 2.40. The van der Waals surface area contributed by atoms with E-state index in [1.807, 2.05) is 4.90 Å². The van der Waals surface area contributed by atoms with Crippen LogP contribution < -0.4 is 4.90 Å². The van der Waals surface area contributed by atoms with Gasteiger partial charge in [0.2, 0.25) is 0 Å². The van der Waals surface area contributed by atoms with Gasteiger partial charge in [-0.2, -0.15) is 18.3 Å². The van der Waals surface area contributed by atoms with Gasteiger partial charge in [0.25, 0.3) is 5.91 Å². The molecule has 1 aromatic heterocycles. The molecule has 5 nitrogen and oxygen atoms in total. The summed E-state index contributed by atoms with van der Waals surface area (Å²) in [5.74, 6) is -0.105. The van der Waals surface area contributed by atoms with Crippen LogP contribution in [0.5, 0.6) is 0 Å². The van der Waals surface area contributed by atoms with Gasteiger partial charge in [0.1, 0.15) is 0 Å². The number of piperazine rings is 1. The molecule has 0 bridgehead atoms. The van der Waals surface area contributed by atoms with Crippen molar-refractivity contribution in [3.8, 4) is 0 Å². The lowest BCUT2D eigenvalue weighted by Crippen LogP contribution is -2.48. The number of carbonyl (C=O) groups excluding carboxylic acids is 1. The summed E-state index contributed by atoms with van der Waals surface area (Å²) >= 11 is 0. The molecule has 1 aromatic carbocycles. The Bertz CT molecular complexity index is 733. The molecule has 1 saturated heterocycles. The van der Waals surface area contributed by atoms with Gasteiger partial charge >= 0.3 is 6.18 Å². The molecule has 0 N–H and O–H groups in total. The third kappa shape index (κ3) is 3.37. The third-order valence-electron chi connectivity index (χ3n) is 4.06. The Balaban J connectivity index is 1.66. The van der Waals surface area contributed by atoms with Crippen LogP contribution in [0.4, 0.5) is 18.9 Å². The first kappa shape index (κ1) is 16.4. The summed E-state index contributed by atoms with van der Waals surface area (Å²) in [6, 6.07) is 5.28. The van der Waals surface area contributed by atoms with Gasteiger partial charge in [-0.15, -0.1) is 0 Å². The van der Waals surface area contributed by atoms with Crippen molar-refractivity contribution >= 4 is 11.6 Å². The molecular weight excluding hydrogens is 321 g/mol. The molecule has 0 spiro atoms. The Hall–Kier alpha value is -2.51. The van der Waals surface area contributed by atoms with Crippen LogP contribution in [-0.4, -0.2) is 46.8 Å². The van der Waals surface area contributed by atoms with Crippen LogP contribution in [0.1, 0.15) is 15.9 Å². The van der Waals surface area contributed by atoms with Crippen molar-refractivity contribution in [1.29, 1.82) is 0 Å². The molecule has 3 rings (SSSR count). The number of amides is 1. The van der Waals surface area contributed by atoms with E-state index in [1.54, 1.807) is 28.9 Å². The lowest BCUT2D eigenvalue weighted by Gasteiger charge is -2.36. The summed E-state index contributed by atoms with van der Waals surface area (Å²) in [6.45, 7) is 1.91. The highest BCUT2D eigenvalue weighted by Gasteiger charge is 2.31. The summed E-state index contributed by atoms with van der Waals surface area (Å²) in [7, 11) is 1.74. The Morgan fingerprint density at radius 3 is 2.46 bits per heavy atom. The van der Waals surface area contributed by atoms with Gasteiger partial charge < -0.3 is 9.80 Å². The summed E-state index contributed by atoms with van der Waals surface area (Å²) in [4.78, 5) is 15.9. The molecule has 24 heavy (non-hydrogen) atoms. The molecule has 0 radical (unpaired) electrons. The van der Waals surface area contributed by atoms with Gasteiger partial charge in [-0.25, -0.2) is 0 Å². The second kappa shape index (κ2) is 6.18. The Labute approximate surface area is 137 Å². The first-order chi connectivity index (χ1) is 11.3. The second-order valence-corrected chi connectivity index (χ2v) is 5.73. The lowest BCUT2D eigenvalue weighted by molar-refractivity contribution is -0.137. The van der Waals surface area contributed by atoms with Crippen LogP contribution in [0.25, 0.3) is 0 Å². The van der Waals surface area contributed by atoms with E-state index in [2.05, 4.69) is 5.10 Å². The molecule has 0 saturated carbocycles. The van der Waals surface area contributed by atoms with Crippen LogP contribution in [0.3, 0.4) is 0 Å². The molecule has 1 aliphatic rings. The normalized spacial score (nSPS) is 15.7. The highest BCUT2D eigenvalue weighted by molar-refractivity contribution is 5.93. The number of aromatic nitrogens is 2. The number of hydrogen-bond acceptors (Lipinski definition) is 3. The number of hydrogen-bond donors (Lipinski definition) is 0. The minimum absolute atomic E-state index is 0.105. The van der Waals surface area contributed by atoms with E-state index in [4.69, 9.17) is 0 Å². The third-order valence-corrected chi connectivity index (χ3v) is 4.06. The molecule has 0 unspecified atom stereocenters. The van der Waals surface area contributed by atoms with E-state index in [0.29, 0.717) is 37.4 Å². The molecule has 2 heterocycles. The van der Waals surface area contributed by atoms with Gasteiger partial charge in [-0.3, -0.25) is 9.48 Å². The van der Waals surface area contributed by atoms with E-state index < -0.39 is 11.7 Å². The van der Waals surface area contributed by atoms with E-state index in [-0.39, 0.29) is 5.91 Å². The monoisotopic (exact) mass is 338 g/mol. The summed E-state index contributed by atoms with van der Waals surface area (Å²) in [5.41, 5.74) is 0.386. The molecular formula is C16H17F3N4O. The maximum Gasteiger partial charge on any atom is 0.416 e. The van der Waals surface area contributed by atoms with Gasteiger partial charge in [-0.05, 0) is 18.2 Å². The van der Waals surface area contributed by atoms with Crippen molar-refractivity contribution in [2.45, 2.75) is 6.18 Å². The van der Waals surface area contributed by atoms with Crippen molar-refractivity contribution in [2.24, 2.45) is 7.05 Å². The van der Waals surface area contributed by atoms with Crippen molar-refractivity contribution < 1.29 is 18.0 Å². The minimum atomic E-state index is -4.35. The summed E-state index contributed by atoms with van der Waals surface area (Å²) in [6.07, 6.45) is -1.18. The number of halogens is 3. The number of carbonyl (C=O) groups is 1. The number of alkyl halides is 3. The van der Waals surface area contributed by atoms with E-state index in [1.165, 1.54) is 12.3 Å². The first-order valence-corrected chi connectivity index (χ1v) is 7.55. The van der Waals surface area contributed by atoms with Crippen molar-refractivity contribution in [3.63, 3.8) is 0 Å². The fourth-order valence-corrected chi connectivity index (χ4v) is 2.76. The Kier molecular flexibility index (Phi) is 4.21. The van der Waals surface area contributed by atoms with E-state index in [9.17, 15) is 18.0 Å². The highest BCUT2D eigenvalue weighted by Crippen LogP contribution is 2.31. The number of rotatable bonds is 2. The summed E-state index contributed by atoms with van der Waals surface area (Å²) in [5, 5.41) is 3.98. The molecule has 0 atom stereocenters. The van der Waals surface area contributed by atoms with Gasteiger partial charge in [0, 0.05) is 45.1 Å². The maximum atomic E-state index is 12.8. The average molecular weight is 338 g/mol. The lowest BCUT2D eigenvalue weighted by atomic mass is 10.1. The van der Waals surface area contributed by atoms with Crippen molar-refractivity contribution in [1.82, 2.24) is 14.7 Å². The van der Waals surface area contributed by atoms with Crippen LogP contribution in [-0.2, 0) is 13.2 Å². The largest absolute Gasteiger partial charge is 0.416 e. The Morgan fingerprint density at radius 2 is 1.88 bits per heavy atom. The average Bonchev–Trinajstić information content (AvgIpc) is 3.00. The zero-order valence-corrected chi connectivity index (χ0v) is 13.1. The first-order valence-electron chi connectivity index (χ1n) is 7.55.